The number of benzene rings is 2. The minimum Gasteiger partial charge on any atom is -0.497 e. The molecule has 2 aromatic carbocycles. The van der Waals surface area contributed by atoms with Crippen LogP contribution in [0.1, 0.15) is 49.0 Å². The number of thiocarbonyl (C=S) groups is 1. The highest BCUT2D eigenvalue weighted by atomic mass is 32.2. The van der Waals surface area contributed by atoms with Gasteiger partial charge in [-0.2, -0.15) is 0 Å². The fourth-order valence-electron chi connectivity index (χ4n) is 7.09. The van der Waals surface area contributed by atoms with Crippen LogP contribution in [0.25, 0.3) is 17.4 Å². The van der Waals surface area contributed by atoms with Gasteiger partial charge in [0.25, 0.3) is 5.91 Å². The number of hydrogen-bond donors (Lipinski definition) is 3. The van der Waals surface area contributed by atoms with Crippen molar-refractivity contribution in [2.24, 2.45) is 11.8 Å². The molecule has 10 nitrogen and oxygen atoms in total. The molecule has 3 fully saturated rings. The van der Waals surface area contributed by atoms with Crippen LogP contribution in [0.2, 0.25) is 0 Å². The van der Waals surface area contributed by atoms with Gasteiger partial charge in [0.2, 0.25) is 5.91 Å². The second-order valence-corrected chi connectivity index (χ2v) is 14.2. The van der Waals surface area contributed by atoms with Gasteiger partial charge >= 0.3 is 6.09 Å². The summed E-state index contributed by atoms with van der Waals surface area (Å²) < 4.78 is 17.9. The maximum absolute atomic E-state index is 13.7. The van der Waals surface area contributed by atoms with Crippen molar-refractivity contribution < 1.29 is 33.4 Å². The largest absolute Gasteiger partial charge is 0.497 e. The number of nitrogens with one attached hydrogen (secondary N) is 2. The summed E-state index contributed by atoms with van der Waals surface area (Å²) in [6.07, 6.45) is 6.41. The van der Waals surface area contributed by atoms with Crippen molar-refractivity contribution >= 4 is 52.3 Å². The van der Waals surface area contributed by atoms with E-state index >= 15 is 0 Å². The number of amides is 3. The lowest BCUT2D eigenvalue weighted by molar-refractivity contribution is -0.124. The van der Waals surface area contributed by atoms with E-state index in [9.17, 15) is 19.5 Å². The average Bonchev–Trinajstić information content (AvgIpc) is 3.87. The zero-order chi connectivity index (χ0) is 33.8. The zero-order valence-corrected chi connectivity index (χ0v) is 28.5. The van der Waals surface area contributed by atoms with E-state index in [1.54, 1.807) is 26.4 Å². The third-order valence-corrected chi connectivity index (χ3v) is 10.7. The predicted molar refractivity (Wildman–Crippen MR) is 188 cm³/mol. The van der Waals surface area contributed by atoms with E-state index in [4.69, 9.17) is 26.1 Å². The van der Waals surface area contributed by atoms with E-state index in [2.05, 4.69) is 10.6 Å². The van der Waals surface area contributed by atoms with Crippen molar-refractivity contribution in [1.82, 2.24) is 15.5 Å². The van der Waals surface area contributed by atoms with Crippen molar-refractivity contribution in [3.63, 3.8) is 0 Å². The van der Waals surface area contributed by atoms with Crippen molar-refractivity contribution in [2.45, 2.75) is 57.0 Å². The average molecular weight is 690 g/mol. The number of aryl methyl sites for hydroxylation is 1. The first-order chi connectivity index (χ1) is 23.2. The molecular weight excluding hydrogens is 651 g/mol. The van der Waals surface area contributed by atoms with Gasteiger partial charge in [0, 0.05) is 36.7 Å². The molecule has 12 heteroatoms. The molecule has 1 saturated heterocycles. The Balaban J connectivity index is 1.20. The first-order valence-corrected chi connectivity index (χ1v) is 17.4. The maximum Gasteiger partial charge on any atom is 0.405 e. The SMILES string of the molecule is COc1cc(OC)cc(-c2cc(CCCNC(=O)[C@H](Cc3ccccc3)NC(=O)O)c(/C=C3\SC(=S)N(C4CC5CCC4C5)C3=O)o2)c1. The quantitative estimate of drug-likeness (QED) is 0.108. The minimum atomic E-state index is -1.26. The molecule has 3 unspecified atom stereocenters. The monoisotopic (exact) mass is 689 g/mol. The molecule has 1 aromatic heterocycles. The predicted octanol–water partition coefficient (Wildman–Crippen LogP) is 6.28. The van der Waals surface area contributed by atoms with Gasteiger partial charge in [0.05, 0.1) is 19.1 Å². The highest BCUT2D eigenvalue weighted by Gasteiger charge is 2.48. The molecule has 0 radical (unpaired) electrons. The Bertz CT molecular complexity index is 1700. The summed E-state index contributed by atoms with van der Waals surface area (Å²) in [5.74, 6) is 3.06. The van der Waals surface area contributed by atoms with E-state index in [0.29, 0.717) is 63.5 Å². The van der Waals surface area contributed by atoms with Gasteiger partial charge in [-0.3, -0.25) is 14.5 Å². The van der Waals surface area contributed by atoms with Crippen LogP contribution in [0.5, 0.6) is 11.5 Å². The lowest BCUT2D eigenvalue weighted by atomic mass is 9.94. The molecular formula is C36H39N3O7S2. The standard InChI is InChI=1S/C36H39N3O7S2/c1-44-26-16-25(17-27(19-26)45-2)30-18-24(9-6-12-37-33(40)28(38-35(42)43)14-21-7-4-3-5-8-21)31(46-30)20-32-34(41)39(36(47)48-32)29-15-22-10-11-23(29)13-22/h3-5,7-8,16-20,22-23,28-29,38H,6,9-15H2,1-2H3,(H,37,40)(H,42,43)/b32-20-/t22?,23?,28-,29?/m0/s1. The Labute approximate surface area is 289 Å². The summed E-state index contributed by atoms with van der Waals surface area (Å²) in [4.78, 5) is 40.5. The van der Waals surface area contributed by atoms with Gasteiger partial charge in [-0.15, -0.1) is 0 Å². The second-order valence-electron chi connectivity index (χ2n) is 12.5. The molecule has 1 aliphatic heterocycles. The molecule has 48 heavy (non-hydrogen) atoms. The molecule has 2 saturated carbocycles. The van der Waals surface area contributed by atoms with Gasteiger partial charge in [-0.25, -0.2) is 4.79 Å². The summed E-state index contributed by atoms with van der Waals surface area (Å²) in [6.45, 7) is 0.310. The third kappa shape index (κ3) is 7.55. The minimum absolute atomic E-state index is 0.0721. The van der Waals surface area contributed by atoms with Gasteiger partial charge < -0.3 is 29.6 Å². The number of furan rings is 1. The molecule has 2 bridgehead atoms. The summed E-state index contributed by atoms with van der Waals surface area (Å²) in [6, 6.07) is 15.9. The molecule has 3 amide bonds. The lowest BCUT2D eigenvalue weighted by Crippen LogP contribution is -2.47. The van der Waals surface area contributed by atoms with Gasteiger partial charge in [0.1, 0.15) is 33.4 Å². The Morgan fingerprint density at radius 3 is 2.50 bits per heavy atom. The molecule has 0 spiro atoms. The topological polar surface area (TPSA) is 130 Å². The fourth-order valence-corrected chi connectivity index (χ4v) is 8.43. The highest BCUT2D eigenvalue weighted by Crippen LogP contribution is 2.49. The lowest BCUT2D eigenvalue weighted by Gasteiger charge is -2.30. The number of fused-ring (bicyclic) bond motifs is 2. The Hall–Kier alpha value is -4.29. The number of nitrogens with zero attached hydrogens (tertiary/aromatic N) is 1. The van der Waals surface area contributed by atoms with Crippen LogP contribution in [-0.4, -0.2) is 65.1 Å². The summed E-state index contributed by atoms with van der Waals surface area (Å²) in [5.41, 5.74) is 2.45. The Morgan fingerprint density at radius 1 is 1.10 bits per heavy atom. The van der Waals surface area contributed by atoms with E-state index in [-0.39, 0.29) is 18.4 Å². The van der Waals surface area contributed by atoms with Crippen LogP contribution in [0.3, 0.4) is 0 Å². The summed E-state index contributed by atoms with van der Waals surface area (Å²) in [7, 11) is 3.17. The summed E-state index contributed by atoms with van der Waals surface area (Å²) >= 11 is 7.03. The van der Waals surface area contributed by atoms with Crippen molar-refractivity contribution in [1.29, 1.82) is 0 Å². The fraction of sp³-hybridized carbons (Fsp3) is 0.389. The maximum atomic E-state index is 13.7. The van der Waals surface area contributed by atoms with Crippen molar-refractivity contribution in [2.75, 3.05) is 20.8 Å². The van der Waals surface area contributed by atoms with E-state index < -0.39 is 18.0 Å². The number of hydrogen-bond acceptors (Lipinski definition) is 8. The number of thioether (sulfide) groups is 1. The first kappa shape index (κ1) is 33.6. The van der Waals surface area contributed by atoms with Crippen LogP contribution >= 0.6 is 24.0 Å². The number of rotatable bonds is 13. The molecule has 4 atom stereocenters. The molecule has 3 aromatic rings. The van der Waals surface area contributed by atoms with Crippen LogP contribution in [0, 0.1) is 11.8 Å². The molecule has 2 heterocycles. The van der Waals surface area contributed by atoms with Crippen molar-refractivity contribution in [3.8, 4) is 22.8 Å². The van der Waals surface area contributed by atoms with Gasteiger partial charge in [-0.05, 0) is 73.3 Å². The smallest absolute Gasteiger partial charge is 0.405 e. The van der Waals surface area contributed by atoms with Gasteiger partial charge in [0.15, 0.2) is 0 Å². The van der Waals surface area contributed by atoms with E-state index in [1.807, 2.05) is 53.4 Å². The number of carboxylic acid groups (broad SMARTS) is 1. The molecule has 3 aliphatic rings. The Morgan fingerprint density at radius 2 is 1.85 bits per heavy atom. The number of carbonyl (C=O) groups is 3. The van der Waals surface area contributed by atoms with Crippen LogP contribution in [0.15, 0.2) is 63.9 Å². The number of carbonyl (C=O) groups excluding carboxylic acids is 2. The molecule has 252 valence electrons. The van der Waals surface area contributed by atoms with Crippen LogP contribution < -0.4 is 20.1 Å². The van der Waals surface area contributed by atoms with Gasteiger partial charge in [-0.1, -0.05) is 60.7 Å². The number of methoxy groups -OCH3 is 2. The zero-order valence-electron chi connectivity index (χ0n) is 26.9. The summed E-state index contributed by atoms with van der Waals surface area (Å²) in [5, 5.41) is 14.5. The normalized spacial score (nSPS) is 21.5. The second kappa shape index (κ2) is 14.9. The number of ether oxygens (including phenoxy) is 2. The molecule has 2 aliphatic carbocycles. The highest BCUT2D eigenvalue weighted by molar-refractivity contribution is 8.26. The first-order valence-electron chi connectivity index (χ1n) is 16.2. The van der Waals surface area contributed by atoms with E-state index in [1.165, 1.54) is 24.6 Å². The van der Waals surface area contributed by atoms with E-state index in [0.717, 1.165) is 29.5 Å². The van der Waals surface area contributed by atoms with Crippen LogP contribution in [-0.2, 0) is 22.4 Å². The third-order valence-electron chi connectivity index (χ3n) is 9.41. The molecule has 6 rings (SSSR count). The van der Waals surface area contributed by atoms with Crippen LogP contribution in [0.4, 0.5) is 4.79 Å². The van der Waals surface area contributed by atoms with Crippen molar-refractivity contribution in [3.05, 3.63) is 76.4 Å². The molecule has 3 N–H and O–H groups in total. The Kier molecular flexibility index (Phi) is 10.4.